The van der Waals surface area contributed by atoms with Crippen molar-refractivity contribution in [3.05, 3.63) is 47.5 Å². The second-order valence-corrected chi connectivity index (χ2v) is 5.93. The van der Waals surface area contributed by atoms with E-state index < -0.39 is 6.16 Å². The van der Waals surface area contributed by atoms with E-state index in [1.54, 1.807) is 0 Å². The smallest absolute Gasteiger partial charge is 0.450 e. The molecule has 1 aliphatic carbocycles. The predicted octanol–water partition coefficient (Wildman–Crippen LogP) is 3.59. The van der Waals surface area contributed by atoms with Gasteiger partial charge in [0.2, 0.25) is 0 Å². The predicted molar refractivity (Wildman–Crippen MR) is 88.4 cm³/mol. The third-order valence-electron chi connectivity index (χ3n) is 3.81. The highest BCUT2D eigenvalue weighted by molar-refractivity contribution is 6.30. The first-order chi connectivity index (χ1) is 11.0. The van der Waals surface area contributed by atoms with Crippen LogP contribution in [-0.2, 0) is 0 Å². The number of carboxylic acid groups (broad SMARTS) is 2. The van der Waals surface area contributed by atoms with Gasteiger partial charge in [0.1, 0.15) is 0 Å². The number of rotatable bonds is 5. The lowest BCUT2D eigenvalue weighted by Crippen LogP contribution is -1.98. The van der Waals surface area contributed by atoms with Crippen molar-refractivity contribution in [2.45, 2.75) is 25.2 Å². The van der Waals surface area contributed by atoms with Crippen molar-refractivity contribution in [3.8, 4) is 5.69 Å². The van der Waals surface area contributed by atoms with E-state index in [0.29, 0.717) is 5.92 Å². The zero-order chi connectivity index (χ0) is 16.8. The summed E-state index contributed by atoms with van der Waals surface area (Å²) in [6.07, 6.45) is 5.80. The summed E-state index contributed by atoms with van der Waals surface area (Å²) < 4.78 is 2.06. The molecule has 7 heteroatoms. The van der Waals surface area contributed by atoms with Crippen LogP contribution in [0, 0.1) is 5.92 Å². The average molecular weight is 338 g/mol. The molecule has 1 aliphatic rings. The molecule has 0 spiro atoms. The first kappa shape index (κ1) is 17.3. The minimum absolute atomic E-state index is 0.639. The van der Waals surface area contributed by atoms with Crippen LogP contribution in [0.1, 0.15) is 30.9 Å². The van der Waals surface area contributed by atoms with Gasteiger partial charge in [-0.05, 0) is 56.0 Å². The number of halogens is 1. The standard InChI is InChI=1S/C15H18ClN3.CH2O3/c16-12-3-5-13(6-4-12)19-9-15(18-10-19)14-8-11(14)2-1-7-17;2-1(3)4/h3-6,9-11,14H,1-2,7-8,17H2;(H2,2,3,4). The Morgan fingerprint density at radius 3 is 2.61 bits per heavy atom. The van der Waals surface area contributed by atoms with E-state index in [9.17, 15) is 0 Å². The van der Waals surface area contributed by atoms with E-state index >= 15 is 0 Å². The Morgan fingerprint density at radius 1 is 1.35 bits per heavy atom. The fourth-order valence-electron chi connectivity index (χ4n) is 2.59. The molecular weight excluding hydrogens is 318 g/mol. The maximum absolute atomic E-state index is 8.56. The van der Waals surface area contributed by atoms with E-state index in [2.05, 4.69) is 15.7 Å². The highest BCUT2D eigenvalue weighted by Gasteiger charge is 2.38. The van der Waals surface area contributed by atoms with Crippen molar-refractivity contribution in [3.63, 3.8) is 0 Å². The fraction of sp³-hybridized carbons (Fsp3) is 0.375. The summed E-state index contributed by atoms with van der Waals surface area (Å²) in [5.74, 6) is 1.43. The van der Waals surface area contributed by atoms with Gasteiger partial charge in [-0.2, -0.15) is 0 Å². The Labute approximate surface area is 139 Å². The molecule has 0 amide bonds. The average Bonchev–Trinajstić information content (AvgIpc) is 3.11. The summed E-state index contributed by atoms with van der Waals surface area (Å²) in [6, 6.07) is 7.81. The van der Waals surface area contributed by atoms with E-state index in [-0.39, 0.29) is 0 Å². The Balaban J connectivity index is 0.000000433. The van der Waals surface area contributed by atoms with Crippen molar-refractivity contribution in [2.24, 2.45) is 11.7 Å². The molecular formula is C16H20ClN3O3. The van der Waals surface area contributed by atoms with E-state index in [1.807, 2.05) is 30.6 Å². The molecule has 0 aliphatic heterocycles. The molecule has 0 bridgehead atoms. The third kappa shape index (κ3) is 5.26. The second kappa shape index (κ2) is 7.99. The minimum Gasteiger partial charge on any atom is -0.450 e. The molecule has 1 fully saturated rings. The van der Waals surface area contributed by atoms with Gasteiger partial charge in [0, 0.05) is 22.8 Å². The maximum atomic E-state index is 8.56. The van der Waals surface area contributed by atoms with Gasteiger partial charge in [0.15, 0.2) is 0 Å². The number of hydrogen-bond donors (Lipinski definition) is 3. The summed E-state index contributed by atoms with van der Waals surface area (Å²) in [5.41, 5.74) is 7.86. The van der Waals surface area contributed by atoms with Crippen LogP contribution < -0.4 is 5.73 Å². The van der Waals surface area contributed by atoms with Crippen LogP contribution in [0.2, 0.25) is 5.02 Å². The molecule has 2 aromatic rings. The van der Waals surface area contributed by atoms with Crippen molar-refractivity contribution in [2.75, 3.05) is 6.54 Å². The molecule has 0 radical (unpaired) electrons. The molecule has 23 heavy (non-hydrogen) atoms. The number of carbonyl (C=O) groups is 1. The molecule has 1 saturated carbocycles. The maximum Gasteiger partial charge on any atom is 0.503 e. The van der Waals surface area contributed by atoms with Crippen LogP contribution in [0.15, 0.2) is 36.8 Å². The molecule has 124 valence electrons. The number of benzene rings is 1. The third-order valence-corrected chi connectivity index (χ3v) is 4.06. The lowest BCUT2D eigenvalue weighted by molar-refractivity contribution is 0.137. The van der Waals surface area contributed by atoms with Crippen molar-refractivity contribution < 1.29 is 15.0 Å². The van der Waals surface area contributed by atoms with Crippen LogP contribution in [0.3, 0.4) is 0 Å². The second-order valence-electron chi connectivity index (χ2n) is 5.50. The minimum atomic E-state index is -1.83. The fourth-order valence-corrected chi connectivity index (χ4v) is 2.72. The normalized spacial score (nSPS) is 18.9. The van der Waals surface area contributed by atoms with Gasteiger partial charge < -0.3 is 20.5 Å². The van der Waals surface area contributed by atoms with Crippen molar-refractivity contribution in [1.29, 1.82) is 0 Å². The van der Waals surface area contributed by atoms with Crippen LogP contribution in [-0.4, -0.2) is 32.5 Å². The molecule has 0 saturated heterocycles. The lowest BCUT2D eigenvalue weighted by Gasteiger charge is -2.01. The van der Waals surface area contributed by atoms with Gasteiger partial charge in [-0.3, -0.25) is 0 Å². The highest BCUT2D eigenvalue weighted by atomic mass is 35.5. The first-order valence-corrected chi connectivity index (χ1v) is 7.81. The van der Waals surface area contributed by atoms with E-state index in [4.69, 9.17) is 32.3 Å². The largest absolute Gasteiger partial charge is 0.503 e. The van der Waals surface area contributed by atoms with Crippen LogP contribution in [0.5, 0.6) is 0 Å². The topological polar surface area (TPSA) is 101 Å². The van der Waals surface area contributed by atoms with Crippen LogP contribution in [0.25, 0.3) is 5.69 Å². The lowest BCUT2D eigenvalue weighted by atomic mass is 10.1. The Bertz CT molecular complexity index is 638. The number of imidazole rings is 1. The number of aromatic nitrogens is 2. The summed E-state index contributed by atoms with van der Waals surface area (Å²) >= 11 is 5.90. The molecule has 1 aromatic heterocycles. The SMILES string of the molecule is NCCCC1CC1c1cn(-c2ccc(Cl)cc2)cn1.O=C(O)O. The summed E-state index contributed by atoms with van der Waals surface area (Å²) in [7, 11) is 0. The van der Waals surface area contributed by atoms with Crippen LogP contribution >= 0.6 is 11.6 Å². The summed E-state index contributed by atoms with van der Waals surface area (Å²) in [6.45, 7) is 0.794. The molecule has 3 rings (SSSR count). The zero-order valence-electron chi connectivity index (χ0n) is 12.6. The van der Waals surface area contributed by atoms with Gasteiger partial charge in [-0.1, -0.05) is 11.6 Å². The molecule has 4 N–H and O–H groups in total. The van der Waals surface area contributed by atoms with Crippen molar-refractivity contribution >= 4 is 17.8 Å². The van der Waals surface area contributed by atoms with Gasteiger partial charge in [0.25, 0.3) is 0 Å². The number of nitrogens with zero attached hydrogens (tertiary/aromatic N) is 2. The monoisotopic (exact) mass is 337 g/mol. The Morgan fingerprint density at radius 2 is 2.00 bits per heavy atom. The number of hydrogen-bond acceptors (Lipinski definition) is 3. The molecule has 6 nitrogen and oxygen atoms in total. The van der Waals surface area contributed by atoms with Crippen LogP contribution in [0.4, 0.5) is 4.79 Å². The number of nitrogens with two attached hydrogens (primary N) is 1. The van der Waals surface area contributed by atoms with Gasteiger partial charge in [-0.15, -0.1) is 0 Å². The van der Waals surface area contributed by atoms with Gasteiger partial charge in [-0.25, -0.2) is 9.78 Å². The van der Waals surface area contributed by atoms with Crippen molar-refractivity contribution in [1.82, 2.24) is 9.55 Å². The molecule has 1 heterocycles. The molecule has 1 aromatic carbocycles. The van der Waals surface area contributed by atoms with Gasteiger partial charge in [0.05, 0.1) is 12.0 Å². The summed E-state index contributed by atoms with van der Waals surface area (Å²) in [5, 5.41) is 14.7. The van der Waals surface area contributed by atoms with E-state index in [0.717, 1.165) is 29.6 Å². The quantitative estimate of drug-likeness (QED) is 0.773. The molecule has 2 unspecified atom stereocenters. The molecule has 2 atom stereocenters. The Kier molecular flexibility index (Phi) is 6.01. The zero-order valence-corrected chi connectivity index (χ0v) is 13.4. The Hall–Kier alpha value is -2.05. The van der Waals surface area contributed by atoms with E-state index in [1.165, 1.54) is 18.5 Å². The summed E-state index contributed by atoms with van der Waals surface area (Å²) in [4.78, 5) is 13.1. The van der Waals surface area contributed by atoms with Gasteiger partial charge >= 0.3 is 6.16 Å². The highest BCUT2D eigenvalue weighted by Crippen LogP contribution is 2.49. The first-order valence-electron chi connectivity index (χ1n) is 7.43.